The number of anilines is 1. The zero-order chi connectivity index (χ0) is 11.5. The Kier molecular flexibility index (Phi) is 2.95. The first-order chi connectivity index (χ1) is 7.63. The lowest BCUT2D eigenvalue weighted by Gasteiger charge is -2.03. The average Bonchev–Trinajstić information content (AvgIpc) is 2.60. The molecular weight excluding hydrogens is 236 g/mol. The highest BCUT2D eigenvalue weighted by molar-refractivity contribution is 7.15. The minimum Gasteiger partial charge on any atom is -0.486 e. The van der Waals surface area contributed by atoms with E-state index in [4.69, 9.17) is 10.5 Å². The first-order valence-corrected chi connectivity index (χ1v) is 5.12. The number of benzene rings is 1. The van der Waals surface area contributed by atoms with Crippen LogP contribution in [0, 0.1) is 11.6 Å². The van der Waals surface area contributed by atoms with Crippen molar-refractivity contribution in [3.8, 4) is 5.75 Å². The van der Waals surface area contributed by atoms with Gasteiger partial charge >= 0.3 is 0 Å². The second kappa shape index (κ2) is 4.40. The summed E-state index contributed by atoms with van der Waals surface area (Å²) in [4.78, 5) is 0. The number of rotatable bonds is 3. The Bertz CT molecular complexity index is 483. The van der Waals surface area contributed by atoms with Crippen LogP contribution in [-0.2, 0) is 6.61 Å². The van der Waals surface area contributed by atoms with Gasteiger partial charge in [0.1, 0.15) is 24.0 Å². The van der Waals surface area contributed by atoms with Gasteiger partial charge in [0.25, 0.3) is 0 Å². The van der Waals surface area contributed by atoms with E-state index in [1.807, 2.05) is 0 Å². The van der Waals surface area contributed by atoms with Crippen LogP contribution in [-0.4, -0.2) is 10.2 Å². The largest absolute Gasteiger partial charge is 0.486 e. The Morgan fingerprint density at radius 2 is 1.88 bits per heavy atom. The van der Waals surface area contributed by atoms with E-state index in [1.54, 1.807) is 0 Å². The number of hydrogen-bond acceptors (Lipinski definition) is 5. The molecule has 0 amide bonds. The van der Waals surface area contributed by atoms with Gasteiger partial charge in [0.2, 0.25) is 5.13 Å². The van der Waals surface area contributed by atoms with Crippen molar-refractivity contribution in [3.63, 3.8) is 0 Å². The molecule has 0 unspecified atom stereocenters. The normalized spacial score (nSPS) is 10.4. The van der Waals surface area contributed by atoms with Crippen molar-refractivity contribution in [2.75, 3.05) is 5.73 Å². The zero-order valence-electron chi connectivity index (χ0n) is 7.98. The molecule has 1 heterocycles. The highest BCUT2D eigenvalue weighted by Gasteiger charge is 2.04. The van der Waals surface area contributed by atoms with Crippen LogP contribution < -0.4 is 10.5 Å². The minimum atomic E-state index is -0.688. The summed E-state index contributed by atoms with van der Waals surface area (Å²) in [6.07, 6.45) is 0. The lowest BCUT2D eigenvalue weighted by molar-refractivity contribution is 0.301. The van der Waals surface area contributed by atoms with Gasteiger partial charge in [-0.2, -0.15) is 0 Å². The Labute approximate surface area is 93.7 Å². The topological polar surface area (TPSA) is 61.0 Å². The maximum Gasteiger partial charge on any atom is 0.203 e. The highest BCUT2D eigenvalue weighted by Crippen LogP contribution is 2.18. The number of nitrogens with zero attached hydrogens (tertiary/aromatic N) is 2. The molecule has 0 spiro atoms. The zero-order valence-corrected chi connectivity index (χ0v) is 8.80. The Hall–Kier alpha value is -1.76. The van der Waals surface area contributed by atoms with Gasteiger partial charge in [-0.25, -0.2) is 8.78 Å². The summed E-state index contributed by atoms with van der Waals surface area (Å²) in [7, 11) is 0. The maximum atomic E-state index is 12.8. The van der Waals surface area contributed by atoms with E-state index in [-0.39, 0.29) is 12.4 Å². The molecule has 0 aliphatic rings. The van der Waals surface area contributed by atoms with Crippen LogP contribution in [0.15, 0.2) is 18.2 Å². The summed E-state index contributed by atoms with van der Waals surface area (Å²) < 4.78 is 30.7. The van der Waals surface area contributed by atoms with E-state index in [0.29, 0.717) is 10.1 Å². The number of hydrogen-bond donors (Lipinski definition) is 1. The fourth-order valence-electron chi connectivity index (χ4n) is 1.08. The van der Waals surface area contributed by atoms with Crippen molar-refractivity contribution in [2.45, 2.75) is 6.61 Å². The molecule has 0 bridgehead atoms. The lowest BCUT2D eigenvalue weighted by Crippen LogP contribution is -1.96. The third kappa shape index (κ3) is 2.63. The predicted octanol–water partition coefficient (Wildman–Crippen LogP) is 1.98. The summed E-state index contributed by atoms with van der Waals surface area (Å²) in [6, 6.07) is 2.96. The molecule has 0 saturated carbocycles. The molecular formula is C9H7F2N3OS. The van der Waals surface area contributed by atoms with Gasteiger partial charge in [0.15, 0.2) is 5.01 Å². The van der Waals surface area contributed by atoms with Crippen LogP contribution in [0.25, 0.3) is 0 Å². The first-order valence-electron chi connectivity index (χ1n) is 4.30. The van der Waals surface area contributed by atoms with Crippen LogP contribution >= 0.6 is 11.3 Å². The summed E-state index contributed by atoms with van der Waals surface area (Å²) in [6.45, 7) is 0.0811. The standard InChI is InChI=1S/C9H7F2N3OS/c10-5-1-6(11)3-7(2-5)15-4-8-13-14-9(12)16-8/h1-3H,4H2,(H2,12,14). The molecule has 0 fully saturated rings. The van der Waals surface area contributed by atoms with Crippen molar-refractivity contribution >= 4 is 16.5 Å². The Morgan fingerprint density at radius 1 is 1.19 bits per heavy atom. The van der Waals surface area contributed by atoms with E-state index in [0.717, 1.165) is 29.5 Å². The van der Waals surface area contributed by atoms with E-state index in [9.17, 15) is 8.78 Å². The molecule has 84 valence electrons. The van der Waals surface area contributed by atoms with Crippen LogP contribution in [0.5, 0.6) is 5.75 Å². The van der Waals surface area contributed by atoms with Crippen LogP contribution in [0.3, 0.4) is 0 Å². The van der Waals surface area contributed by atoms with Crippen LogP contribution in [0.4, 0.5) is 13.9 Å². The monoisotopic (exact) mass is 243 g/mol. The van der Waals surface area contributed by atoms with Crippen molar-refractivity contribution in [1.82, 2.24) is 10.2 Å². The summed E-state index contributed by atoms with van der Waals surface area (Å²) >= 11 is 1.16. The summed E-state index contributed by atoms with van der Waals surface area (Å²) in [5, 5.41) is 8.16. The van der Waals surface area contributed by atoms with Crippen molar-refractivity contribution < 1.29 is 13.5 Å². The number of halogens is 2. The minimum absolute atomic E-state index is 0.0811. The fourth-order valence-corrected chi connectivity index (χ4v) is 1.60. The third-order valence-corrected chi connectivity index (χ3v) is 2.41. The number of aromatic nitrogens is 2. The van der Waals surface area contributed by atoms with Gasteiger partial charge in [-0.15, -0.1) is 10.2 Å². The van der Waals surface area contributed by atoms with Gasteiger partial charge in [-0.05, 0) is 0 Å². The quantitative estimate of drug-likeness (QED) is 0.895. The number of nitrogen functional groups attached to an aromatic ring is 1. The van der Waals surface area contributed by atoms with Crippen LogP contribution in [0.1, 0.15) is 5.01 Å². The summed E-state index contributed by atoms with van der Waals surface area (Å²) in [5.74, 6) is -1.27. The van der Waals surface area contributed by atoms with E-state index < -0.39 is 11.6 Å². The second-order valence-electron chi connectivity index (χ2n) is 2.93. The van der Waals surface area contributed by atoms with Gasteiger partial charge in [0, 0.05) is 18.2 Å². The third-order valence-electron chi connectivity index (χ3n) is 1.68. The molecule has 16 heavy (non-hydrogen) atoms. The maximum absolute atomic E-state index is 12.8. The first kappa shape index (κ1) is 10.7. The molecule has 2 N–H and O–H groups in total. The summed E-state index contributed by atoms with van der Waals surface area (Å²) in [5.41, 5.74) is 5.37. The van der Waals surface area contributed by atoms with E-state index >= 15 is 0 Å². The van der Waals surface area contributed by atoms with Crippen molar-refractivity contribution in [2.24, 2.45) is 0 Å². The highest BCUT2D eigenvalue weighted by atomic mass is 32.1. The SMILES string of the molecule is Nc1nnc(COc2cc(F)cc(F)c2)s1. The molecule has 0 atom stereocenters. The molecule has 2 rings (SSSR count). The Morgan fingerprint density at radius 3 is 2.44 bits per heavy atom. The molecule has 7 heteroatoms. The van der Waals surface area contributed by atoms with Crippen LogP contribution in [0.2, 0.25) is 0 Å². The van der Waals surface area contributed by atoms with Crippen molar-refractivity contribution in [3.05, 3.63) is 34.8 Å². The predicted molar refractivity (Wildman–Crippen MR) is 55.0 cm³/mol. The molecule has 4 nitrogen and oxygen atoms in total. The average molecular weight is 243 g/mol. The fraction of sp³-hybridized carbons (Fsp3) is 0.111. The molecule has 0 saturated heterocycles. The second-order valence-corrected chi connectivity index (χ2v) is 4.02. The van der Waals surface area contributed by atoms with E-state index in [1.165, 1.54) is 0 Å². The van der Waals surface area contributed by atoms with Gasteiger partial charge in [0.05, 0.1) is 0 Å². The Balaban J connectivity index is 2.04. The lowest BCUT2D eigenvalue weighted by atomic mass is 10.3. The smallest absolute Gasteiger partial charge is 0.203 e. The molecule has 1 aromatic carbocycles. The number of nitrogens with two attached hydrogens (primary N) is 1. The molecule has 1 aromatic heterocycles. The number of ether oxygens (including phenoxy) is 1. The van der Waals surface area contributed by atoms with E-state index in [2.05, 4.69) is 10.2 Å². The van der Waals surface area contributed by atoms with Gasteiger partial charge in [-0.3, -0.25) is 0 Å². The van der Waals surface area contributed by atoms with Crippen molar-refractivity contribution in [1.29, 1.82) is 0 Å². The molecule has 0 aliphatic carbocycles. The molecule has 2 aromatic rings. The van der Waals surface area contributed by atoms with Gasteiger partial charge < -0.3 is 10.5 Å². The molecule has 0 radical (unpaired) electrons. The van der Waals surface area contributed by atoms with Gasteiger partial charge in [-0.1, -0.05) is 11.3 Å². The molecule has 0 aliphatic heterocycles.